The van der Waals surface area contributed by atoms with E-state index in [0.29, 0.717) is 0 Å². The zero-order chi connectivity index (χ0) is 15.8. The summed E-state index contributed by atoms with van der Waals surface area (Å²) >= 11 is 0. The highest BCUT2D eigenvalue weighted by molar-refractivity contribution is 5.40. The molecule has 0 unspecified atom stereocenters. The number of rotatable bonds is 8. The van der Waals surface area contributed by atoms with Gasteiger partial charge < -0.3 is 11.1 Å². The van der Waals surface area contributed by atoms with Gasteiger partial charge in [0.05, 0.1) is 0 Å². The second-order valence-corrected chi connectivity index (χ2v) is 5.63. The molecule has 0 fully saturated rings. The van der Waals surface area contributed by atoms with Crippen LogP contribution in [0.5, 0.6) is 0 Å². The molecule has 2 aromatic carbocycles. The van der Waals surface area contributed by atoms with Gasteiger partial charge in [-0.2, -0.15) is 0 Å². The first-order valence-electron chi connectivity index (χ1n) is 8.06. The number of hydrogen-bond donors (Lipinski definition) is 2. The summed E-state index contributed by atoms with van der Waals surface area (Å²) < 4.78 is 0. The highest BCUT2D eigenvalue weighted by atomic mass is 15.1. The Morgan fingerprint density at radius 1 is 0.864 bits per heavy atom. The molecule has 0 aliphatic carbocycles. The molecular formula is C19H27N3. The highest BCUT2D eigenvalue weighted by Crippen LogP contribution is 2.09. The van der Waals surface area contributed by atoms with E-state index >= 15 is 0 Å². The van der Waals surface area contributed by atoms with Gasteiger partial charge in [0.15, 0.2) is 0 Å². The highest BCUT2D eigenvalue weighted by Gasteiger charge is 2.01. The lowest BCUT2D eigenvalue weighted by atomic mass is 10.1. The van der Waals surface area contributed by atoms with Crippen LogP contribution in [0.25, 0.3) is 0 Å². The summed E-state index contributed by atoms with van der Waals surface area (Å²) in [6.45, 7) is 9.35. The van der Waals surface area contributed by atoms with E-state index in [1.807, 2.05) is 18.2 Å². The van der Waals surface area contributed by atoms with Crippen molar-refractivity contribution in [3.05, 3.63) is 65.2 Å². The second kappa shape index (κ2) is 8.57. The van der Waals surface area contributed by atoms with Gasteiger partial charge in [-0.1, -0.05) is 50.2 Å². The number of benzene rings is 2. The number of nitrogens with two attached hydrogens (primary N) is 1. The van der Waals surface area contributed by atoms with Crippen LogP contribution in [0.3, 0.4) is 0 Å². The third-order valence-corrected chi connectivity index (χ3v) is 3.93. The van der Waals surface area contributed by atoms with Gasteiger partial charge >= 0.3 is 0 Å². The molecule has 0 spiro atoms. The lowest BCUT2D eigenvalue weighted by Gasteiger charge is -2.18. The van der Waals surface area contributed by atoms with E-state index in [1.54, 1.807) is 0 Å². The van der Waals surface area contributed by atoms with Crippen molar-refractivity contribution in [2.75, 3.05) is 18.8 Å². The SMILES string of the molecule is CCN(CC)Cc1ccc(CNCc2cccc(N)c2)cc1. The van der Waals surface area contributed by atoms with E-state index in [4.69, 9.17) is 5.73 Å². The molecule has 0 saturated heterocycles. The van der Waals surface area contributed by atoms with Crippen LogP contribution in [-0.4, -0.2) is 18.0 Å². The van der Waals surface area contributed by atoms with Crippen LogP contribution in [0.15, 0.2) is 48.5 Å². The average Bonchev–Trinajstić information content (AvgIpc) is 2.54. The molecule has 0 aliphatic heterocycles. The predicted molar refractivity (Wildman–Crippen MR) is 94.5 cm³/mol. The van der Waals surface area contributed by atoms with Crippen LogP contribution in [0, 0.1) is 0 Å². The van der Waals surface area contributed by atoms with Gasteiger partial charge in [-0.05, 0) is 41.9 Å². The van der Waals surface area contributed by atoms with Crippen LogP contribution in [0.4, 0.5) is 5.69 Å². The fourth-order valence-electron chi connectivity index (χ4n) is 2.52. The Morgan fingerprint density at radius 3 is 2.14 bits per heavy atom. The first kappa shape index (κ1) is 16.5. The van der Waals surface area contributed by atoms with E-state index in [9.17, 15) is 0 Å². The standard InChI is InChI=1S/C19H27N3/c1-3-22(4-2)15-17-10-8-16(9-11-17)13-21-14-18-6-5-7-19(20)12-18/h5-12,21H,3-4,13-15,20H2,1-2H3. The molecule has 2 rings (SSSR count). The molecule has 3 N–H and O–H groups in total. The zero-order valence-electron chi connectivity index (χ0n) is 13.7. The van der Waals surface area contributed by atoms with E-state index in [2.05, 4.69) is 54.4 Å². The van der Waals surface area contributed by atoms with Crippen molar-refractivity contribution in [3.63, 3.8) is 0 Å². The fraction of sp³-hybridized carbons (Fsp3) is 0.368. The van der Waals surface area contributed by atoms with E-state index in [1.165, 1.54) is 16.7 Å². The maximum absolute atomic E-state index is 5.79. The lowest BCUT2D eigenvalue weighted by molar-refractivity contribution is 0.296. The van der Waals surface area contributed by atoms with Crippen LogP contribution in [-0.2, 0) is 19.6 Å². The topological polar surface area (TPSA) is 41.3 Å². The summed E-state index contributed by atoms with van der Waals surface area (Å²) in [5, 5.41) is 3.46. The maximum atomic E-state index is 5.79. The zero-order valence-corrected chi connectivity index (χ0v) is 13.7. The molecule has 0 radical (unpaired) electrons. The minimum absolute atomic E-state index is 0.819. The summed E-state index contributed by atoms with van der Waals surface area (Å²) in [5.41, 5.74) is 10.5. The Balaban J connectivity index is 1.81. The summed E-state index contributed by atoms with van der Waals surface area (Å²) in [4.78, 5) is 2.42. The molecule has 0 bridgehead atoms. The minimum atomic E-state index is 0.819. The Morgan fingerprint density at radius 2 is 1.50 bits per heavy atom. The van der Waals surface area contributed by atoms with E-state index in [0.717, 1.165) is 38.4 Å². The van der Waals surface area contributed by atoms with Crippen LogP contribution in [0.2, 0.25) is 0 Å². The summed E-state index contributed by atoms with van der Waals surface area (Å²) in [7, 11) is 0. The molecule has 3 nitrogen and oxygen atoms in total. The monoisotopic (exact) mass is 297 g/mol. The van der Waals surface area contributed by atoms with Gasteiger partial charge in [-0.3, -0.25) is 4.90 Å². The van der Waals surface area contributed by atoms with Gasteiger partial charge in [-0.15, -0.1) is 0 Å². The fourth-order valence-corrected chi connectivity index (χ4v) is 2.52. The normalized spacial score (nSPS) is 11.0. The van der Waals surface area contributed by atoms with Crippen molar-refractivity contribution >= 4 is 5.69 Å². The van der Waals surface area contributed by atoms with E-state index < -0.39 is 0 Å². The molecule has 0 heterocycles. The van der Waals surface area contributed by atoms with Crippen molar-refractivity contribution in [2.24, 2.45) is 0 Å². The number of anilines is 1. The molecular weight excluding hydrogens is 270 g/mol. The average molecular weight is 297 g/mol. The van der Waals surface area contributed by atoms with Crippen LogP contribution >= 0.6 is 0 Å². The lowest BCUT2D eigenvalue weighted by Crippen LogP contribution is -2.22. The number of nitrogen functional groups attached to an aromatic ring is 1. The number of hydrogen-bond acceptors (Lipinski definition) is 3. The Bertz CT molecular complexity index is 559. The first-order valence-corrected chi connectivity index (χ1v) is 8.06. The van der Waals surface area contributed by atoms with Crippen molar-refractivity contribution in [3.8, 4) is 0 Å². The Labute approximate surface area is 134 Å². The van der Waals surface area contributed by atoms with Gasteiger partial charge in [-0.25, -0.2) is 0 Å². The van der Waals surface area contributed by atoms with Gasteiger partial charge in [0, 0.05) is 25.3 Å². The van der Waals surface area contributed by atoms with Gasteiger partial charge in [0.1, 0.15) is 0 Å². The number of nitrogens with one attached hydrogen (secondary N) is 1. The summed E-state index contributed by atoms with van der Waals surface area (Å²) in [5.74, 6) is 0. The second-order valence-electron chi connectivity index (χ2n) is 5.63. The molecule has 0 saturated carbocycles. The Kier molecular flexibility index (Phi) is 6.44. The van der Waals surface area contributed by atoms with Crippen LogP contribution in [0.1, 0.15) is 30.5 Å². The molecule has 0 aromatic heterocycles. The third kappa shape index (κ3) is 5.17. The maximum Gasteiger partial charge on any atom is 0.0317 e. The number of nitrogens with zero attached hydrogens (tertiary/aromatic N) is 1. The van der Waals surface area contributed by atoms with Crippen molar-refractivity contribution in [1.29, 1.82) is 0 Å². The first-order chi connectivity index (χ1) is 10.7. The molecule has 0 amide bonds. The molecule has 0 atom stereocenters. The minimum Gasteiger partial charge on any atom is -0.399 e. The quantitative estimate of drug-likeness (QED) is 0.734. The van der Waals surface area contributed by atoms with Crippen molar-refractivity contribution in [1.82, 2.24) is 10.2 Å². The molecule has 2 aromatic rings. The van der Waals surface area contributed by atoms with Crippen molar-refractivity contribution in [2.45, 2.75) is 33.5 Å². The predicted octanol–water partition coefficient (Wildman–Crippen LogP) is 3.40. The van der Waals surface area contributed by atoms with Crippen molar-refractivity contribution < 1.29 is 0 Å². The summed E-state index contributed by atoms with van der Waals surface area (Å²) in [6.07, 6.45) is 0. The third-order valence-electron chi connectivity index (χ3n) is 3.93. The Hall–Kier alpha value is -1.84. The molecule has 0 aliphatic rings. The summed E-state index contributed by atoms with van der Waals surface area (Å²) in [6, 6.07) is 16.9. The molecule has 3 heteroatoms. The van der Waals surface area contributed by atoms with E-state index in [-0.39, 0.29) is 0 Å². The molecule has 118 valence electrons. The van der Waals surface area contributed by atoms with Crippen LogP contribution < -0.4 is 11.1 Å². The smallest absolute Gasteiger partial charge is 0.0317 e. The molecule has 22 heavy (non-hydrogen) atoms. The van der Waals surface area contributed by atoms with Gasteiger partial charge in [0.25, 0.3) is 0 Å². The van der Waals surface area contributed by atoms with Gasteiger partial charge in [0.2, 0.25) is 0 Å². The largest absolute Gasteiger partial charge is 0.399 e.